The summed E-state index contributed by atoms with van der Waals surface area (Å²) in [4.78, 5) is 6.76. The van der Waals surface area contributed by atoms with E-state index in [1.165, 1.54) is 6.26 Å². The van der Waals surface area contributed by atoms with Crippen LogP contribution in [0.3, 0.4) is 0 Å². The highest BCUT2D eigenvalue weighted by atomic mass is 35.5. The van der Waals surface area contributed by atoms with Crippen LogP contribution in [0.25, 0.3) is 11.1 Å². The number of hydrogen-bond donors (Lipinski definition) is 1. The molecule has 0 bridgehead atoms. The summed E-state index contributed by atoms with van der Waals surface area (Å²) in [7, 11) is -2.64. The van der Waals surface area contributed by atoms with Gasteiger partial charge in [-0.15, -0.1) is 0 Å². The van der Waals surface area contributed by atoms with E-state index in [0.717, 1.165) is 42.7 Å². The molecule has 142 valence electrons. The lowest BCUT2D eigenvalue weighted by Gasteiger charge is -2.60. The standard InChI is InChI=1S/C20H22ClN3O2S/c1-27(22,25)18-4-2-3-7-24(18)15-11-20(12-15)9-13(10-20)19-23-16-8-14(21)5-6-17(16)26-19/h2-8,13,15,18,22H,9-12H2,1H3. The van der Waals surface area contributed by atoms with Gasteiger partial charge in [-0.2, -0.15) is 0 Å². The number of aromatic nitrogens is 1. The van der Waals surface area contributed by atoms with E-state index in [0.29, 0.717) is 22.4 Å². The molecule has 1 spiro atoms. The predicted molar refractivity (Wildman–Crippen MR) is 107 cm³/mol. The first kappa shape index (κ1) is 17.3. The van der Waals surface area contributed by atoms with Crippen molar-refractivity contribution >= 4 is 32.4 Å². The van der Waals surface area contributed by atoms with Gasteiger partial charge < -0.3 is 9.32 Å². The minimum atomic E-state index is -2.64. The number of oxazole rings is 1. The van der Waals surface area contributed by atoms with Crippen LogP contribution in [0.4, 0.5) is 0 Å². The van der Waals surface area contributed by atoms with Crippen molar-refractivity contribution in [2.45, 2.75) is 43.0 Å². The first-order valence-corrected chi connectivity index (χ1v) is 11.6. The highest BCUT2D eigenvalue weighted by Crippen LogP contribution is 2.63. The summed E-state index contributed by atoms with van der Waals surface area (Å²) in [6.07, 6.45) is 13.6. The van der Waals surface area contributed by atoms with Crippen LogP contribution in [0.2, 0.25) is 5.02 Å². The maximum Gasteiger partial charge on any atom is 0.198 e. The van der Waals surface area contributed by atoms with Crippen LogP contribution in [0.5, 0.6) is 0 Å². The third kappa shape index (κ3) is 2.90. The van der Waals surface area contributed by atoms with Crippen molar-refractivity contribution in [1.82, 2.24) is 9.88 Å². The largest absolute Gasteiger partial charge is 0.440 e. The van der Waals surface area contributed by atoms with Gasteiger partial charge in [-0.1, -0.05) is 17.7 Å². The molecular formula is C20H22ClN3O2S. The first-order valence-electron chi connectivity index (χ1n) is 9.24. The van der Waals surface area contributed by atoms with E-state index in [2.05, 4.69) is 9.88 Å². The third-order valence-electron chi connectivity index (χ3n) is 6.23. The minimum absolute atomic E-state index is 0.317. The zero-order valence-corrected chi connectivity index (χ0v) is 16.7. The van der Waals surface area contributed by atoms with Crippen molar-refractivity contribution in [1.29, 1.82) is 4.78 Å². The van der Waals surface area contributed by atoms with E-state index < -0.39 is 9.73 Å². The number of benzene rings is 1. The van der Waals surface area contributed by atoms with Crippen LogP contribution in [0.1, 0.15) is 37.5 Å². The highest BCUT2D eigenvalue weighted by Gasteiger charge is 2.56. The van der Waals surface area contributed by atoms with Crippen molar-refractivity contribution in [3.63, 3.8) is 0 Å². The summed E-state index contributed by atoms with van der Waals surface area (Å²) in [6.45, 7) is 0. The van der Waals surface area contributed by atoms with Gasteiger partial charge in [0.05, 0.1) is 9.73 Å². The molecule has 0 radical (unpaired) electrons. The van der Waals surface area contributed by atoms with Gasteiger partial charge in [-0.05, 0) is 61.4 Å². The lowest BCUT2D eigenvalue weighted by Crippen LogP contribution is -2.57. The first-order chi connectivity index (χ1) is 12.8. The molecule has 5 nitrogen and oxygen atoms in total. The van der Waals surface area contributed by atoms with Crippen molar-refractivity contribution in [2.75, 3.05) is 6.26 Å². The fraction of sp³-hybridized carbons (Fsp3) is 0.450. The molecule has 7 heteroatoms. The minimum Gasteiger partial charge on any atom is -0.440 e. The van der Waals surface area contributed by atoms with Crippen molar-refractivity contribution in [3.8, 4) is 0 Å². The fourth-order valence-electron chi connectivity index (χ4n) is 4.94. The van der Waals surface area contributed by atoms with Gasteiger partial charge in [0.25, 0.3) is 0 Å². The topological polar surface area (TPSA) is 70.2 Å². The quantitative estimate of drug-likeness (QED) is 0.791. The molecule has 5 rings (SSSR count). The smallest absolute Gasteiger partial charge is 0.198 e. The Balaban J connectivity index is 1.25. The zero-order valence-electron chi connectivity index (χ0n) is 15.1. The van der Waals surface area contributed by atoms with Crippen LogP contribution in [0, 0.1) is 10.2 Å². The second-order valence-electron chi connectivity index (χ2n) is 8.30. The Bertz CT molecular complexity index is 1060. The average molecular weight is 404 g/mol. The van der Waals surface area contributed by atoms with Gasteiger partial charge in [0, 0.05) is 29.4 Å². The molecule has 2 atom stereocenters. The predicted octanol–water partition coefficient (Wildman–Crippen LogP) is 4.90. The number of halogens is 1. The molecule has 2 heterocycles. The lowest BCUT2D eigenvalue weighted by atomic mass is 9.49. The van der Waals surface area contributed by atoms with E-state index in [4.69, 9.17) is 20.8 Å². The normalized spacial score (nSPS) is 34.4. The summed E-state index contributed by atoms with van der Waals surface area (Å²) in [5.74, 6) is 1.19. The molecule has 2 fully saturated rings. The second-order valence-corrected chi connectivity index (χ2v) is 11.0. The molecule has 2 aromatic rings. The molecule has 1 aromatic heterocycles. The van der Waals surface area contributed by atoms with E-state index in [9.17, 15) is 4.21 Å². The van der Waals surface area contributed by atoms with Crippen LogP contribution in [-0.4, -0.2) is 31.8 Å². The van der Waals surface area contributed by atoms with Crippen molar-refractivity contribution in [3.05, 3.63) is 53.5 Å². The summed E-state index contributed by atoms with van der Waals surface area (Å²) >= 11 is 6.04. The van der Waals surface area contributed by atoms with Crippen LogP contribution < -0.4 is 0 Å². The highest BCUT2D eigenvalue weighted by molar-refractivity contribution is 7.92. The monoisotopic (exact) mass is 403 g/mol. The molecule has 27 heavy (non-hydrogen) atoms. The van der Waals surface area contributed by atoms with E-state index >= 15 is 0 Å². The Morgan fingerprint density at radius 2 is 2.07 bits per heavy atom. The Morgan fingerprint density at radius 3 is 2.81 bits per heavy atom. The number of fused-ring (bicyclic) bond motifs is 1. The number of rotatable bonds is 3. The molecule has 0 amide bonds. The van der Waals surface area contributed by atoms with Gasteiger partial charge in [-0.3, -0.25) is 4.78 Å². The van der Waals surface area contributed by atoms with E-state index in [-0.39, 0.29) is 5.37 Å². The number of nitrogens with one attached hydrogen (secondary N) is 1. The van der Waals surface area contributed by atoms with Crippen LogP contribution in [0.15, 0.2) is 47.0 Å². The molecule has 1 aromatic carbocycles. The van der Waals surface area contributed by atoms with Gasteiger partial charge in [-0.25, -0.2) is 9.19 Å². The molecule has 2 aliphatic carbocycles. The van der Waals surface area contributed by atoms with Gasteiger partial charge in [0.1, 0.15) is 10.9 Å². The number of allylic oxidation sites excluding steroid dienone is 2. The second kappa shape index (κ2) is 5.85. The SMILES string of the molecule is CS(=N)(=O)C1C=CC=CN1C1CC2(CC(c3nc4cc(Cl)ccc4o3)C2)C1. The molecule has 0 saturated heterocycles. The summed E-state index contributed by atoms with van der Waals surface area (Å²) in [5, 5.41) is 0.358. The molecule has 2 unspecified atom stereocenters. The van der Waals surface area contributed by atoms with Crippen molar-refractivity contribution < 1.29 is 8.63 Å². The molecule has 1 N–H and O–H groups in total. The Labute approximate surface area is 164 Å². The molecular weight excluding hydrogens is 382 g/mol. The Morgan fingerprint density at radius 1 is 1.30 bits per heavy atom. The number of hydrogen-bond acceptors (Lipinski definition) is 5. The Kier molecular flexibility index (Phi) is 3.75. The zero-order chi connectivity index (χ0) is 18.8. The van der Waals surface area contributed by atoms with E-state index in [1.807, 2.05) is 42.6 Å². The lowest BCUT2D eigenvalue weighted by molar-refractivity contribution is -0.0598. The summed E-state index contributed by atoms with van der Waals surface area (Å²) < 4.78 is 26.2. The fourth-order valence-corrected chi connectivity index (χ4v) is 6.21. The Hall–Kier alpha value is -1.79. The van der Waals surface area contributed by atoms with Crippen LogP contribution >= 0.6 is 11.6 Å². The average Bonchev–Trinajstić information content (AvgIpc) is 2.94. The van der Waals surface area contributed by atoms with Gasteiger partial charge in [0.15, 0.2) is 11.5 Å². The van der Waals surface area contributed by atoms with Crippen LogP contribution in [-0.2, 0) is 9.73 Å². The summed E-state index contributed by atoms with van der Waals surface area (Å²) in [6, 6.07) is 5.91. The molecule has 2 saturated carbocycles. The van der Waals surface area contributed by atoms with Gasteiger partial charge in [0.2, 0.25) is 0 Å². The molecule has 3 aliphatic rings. The van der Waals surface area contributed by atoms with Gasteiger partial charge >= 0.3 is 0 Å². The number of nitrogens with zero attached hydrogens (tertiary/aromatic N) is 2. The molecule has 1 aliphatic heterocycles. The maximum atomic E-state index is 12.3. The van der Waals surface area contributed by atoms with E-state index in [1.54, 1.807) is 0 Å². The maximum absolute atomic E-state index is 12.3. The van der Waals surface area contributed by atoms with Crippen molar-refractivity contribution in [2.24, 2.45) is 5.41 Å². The summed E-state index contributed by atoms with van der Waals surface area (Å²) in [5.41, 5.74) is 1.97. The third-order valence-corrected chi connectivity index (χ3v) is 7.79.